The second-order valence-electron chi connectivity index (χ2n) is 9.79. The van der Waals surface area contributed by atoms with E-state index in [9.17, 15) is 9.90 Å². The van der Waals surface area contributed by atoms with Gasteiger partial charge in [-0.2, -0.15) is 0 Å². The number of aliphatic hydroxyl groups excluding tert-OH is 2. The largest absolute Gasteiger partial charge is 0.491 e. The molecule has 1 aliphatic heterocycles. The molecule has 3 heterocycles. The Kier molecular flexibility index (Phi) is 9.71. The van der Waals surface area contributed by atoms with Gasteiger partial charge in [0.2, 0.25) is 5.95 Å². The molecule has 6 N–H and O–H groups in total. The first-order valence-corrected chi connectivity index (χ1v) is 13.6. The molecule has 13 heteroatoms. The molecule has 0 spiro atoms. The summed E-state index contributed by atoms with van der Waals surface area (Å²) in [5.74, 6) is 1.58. The summed E-state index contributed by atoms with van der Waals surface area (Å²) >= 11 is 6.63. The van der Waals surface area contributed by atoms with E-state index >= 15 is 0 Å². The quantitative estimate of drug-likeness (QED) is 0.197. The van der Waals surface area contributed by atoms with Crippen molar-refractivity contribution in [3.05, 3.63) is 57.6 Å². The van der Waals surface area contributed by atoms with Crippen LogP contribution in [0.15, 0.2) is 30.1 Å². The second-order valence-corrected chi connectivity index (χ2v) is 10.2. The smallest absolute Gasteiger partial charge is 0.223 e. The summed E-state index contributed by atoms with van der Waals surface area (Å²) in [5, 5.41) is 25.5. The number of anilines is 2. The van der Waals surface area contributed by atoms with Crippen LogP contribution in [-0.2, 0) is 17.9 Å². The highest BCUT2D eigenvalue weighted by Gasteiger charge is 2.28. The third-order valence-corrected chi connectivity index (χ3v) is 6.84. The van der Waals surface area contributed by atoms with Crippen LogP contribution in [0.1, 0.15) is 36.4 Å². The molecule has 1 aromatic carbocycles. The first kappa shape index (κ1) is 30.1. The van der Waals surface area contributed by atoms with E-state index in [1.165, 1.54) is 6.92 Å². The highest BCUT2D eigenvalue weighted by molar-refractivity contribution is 6.33. The Labute approximate surface area is 243 Å². The number of aromatic nitrogens is 4. The van der Waals surface area contributed by atoms with E-state index in [0.29, 0.717) is 82.6 Å². The summed E-state index contributed by atoms with van der Waals surface area (Å²) in [4.78, 5) is 33.4. The summed E-state index contributed by atoms with van der Waals surface area (Å²) in [7, 11) is 1.75. The van der Waals surface area contributed by atoms with Gasteiger partial charge in [-0.15, -0.1) is 0 Å². The number of hydrogen-bond acceptors (Lipinski definition) is 12. The minimum atomic E-state index is -0.692. The summed E-state index contributed by atoms with van der Waals surface area (Å²) in [6.45, 7) is 6.69. The van der Waals surface area contributed by atoms with Crippen LogP contribution >= 0.6 is 11.6 Å². The Morgan fingerprint density at radius 1 is 1.24 bits per heavy atom. The normalized spacial score (nSPS) is 14.0. The van der Waals surface area contributed by atoms with E-state index in [1.807, 2.05) is 11.8 Å². The van der Waals surface area contributed by atoms with Crippen LogP contribution in [0.25, 0.3) is 17.0 Å². The molecule has 12 nitrogen and oxygen atoms in total. The number of aliphatic hydroxyl groups is 2. The molecule has 41 heavy (non-hydrogen) atoms. The predicted octanol–water partition coefficient (Wildman–Crippen LogP) is 2.06. The molecular formula is C28H35ClN8O4. The standard InChI is InChI=1S/C28H35ClN8O4/c1-15-25(24(16(2)30)17(3)39)35-26(21-9-20(5-6-22(21)29)41-14-19(40)11-31-4)36-27(15)37-12-18-10-33-28(32-7-8-38)34-23(18)13-37/h5-6,9-10,19,31,38,40H,7-8,11-14,30H2,1-4H3,(H,32,33,34)/t19-/m1/s1. The average Bonchev–Trinajstić information content (AvgIpc) is 3.35. The van der Waals surface area contributed by atoms with Crippen LogP contribution in [0.3, 0.4) is 0 Å². The lowest BCUT2D eigenvalue weighted by molar-refractivity contribution is -0.111. The number of allylic oxidation sites excluding steroid dienone is 2. The van der Waals surface area contributed by atoms with Crippen LogP contribution in [0.4, 0.5) is 11.8 Å². The molecule has 0 radical (unpaired) electrons. The van der Waals surface area contributed by atoms with Gasteiger partial charge >= 0.3 is 0 Å². The van der Waals surface area contributed by atoms with E-state index < -0.39 is 6.10 Å². The number of carbonyl (C=O) groups excluding carboxylic acids is 1. The van der Waals surface area contributed by atoms with Crippen molar-refractivity contribution < 1.29 is 19.7 Å². The van der Waals surface area contributed by atoms with Crippen molar-refractivity contribution in [1.82, 2.24) is 25.3 Å². The lowest BCUT2D eigenvalue weighted by atomic mass is 10.0. The first-order chi connectivity index (χ1) is 19.6. The van der Waals surface area contributed by atoms with E-state index in [4.69, 9.17) is 37.1 Å². The van der Waals surface area contributed by atoms with Crippen molar-refractivity contribution >= 4 is 34.7 Å². The van der Waals surface area contributed by atoms with Crippen molar-refractivity contribution in [1.29, 1.82) is 0 Å². The van der Waals surface area contributed by atoms with Gasteiger partial charge in [0.1, 0.15) is 24.3 Å². The maximum Gasteiger partial charge on any atom is 0.223 e. The van der Waals surface area contributed by atoms with Crippen LogP contribution in [-0.4, -0.2) is 75.4 Å². The number of carbonyl (C=O) groups is 1. The number of ketones is 1. The molecule has 3 aromatic rings. The first-order valence-electron chi connectivity index (χ1n) is 13.2. The summed E-state index contributed by atoms with van der Waals surface area (Å²) in [6.07, 6.45) is 1.06. The minimum Gasteiger partial charge on any atom is -0.491 e. The number of likely N-dealkylation sites (N-methyl/N-ethyl adjacent to an activating group) is 1. The number of nitrogens with two attached hydrogens (primary N) is 1. The lowest BCUT2D eigenvalue weighted by Gasteiger charge is -2.22. The Morgan fingerprint density at radius 2 is 2.02 bits per heavy atom. The number of fused-ring (bicyclic) bond motifs is 1. The zero-order valence-corrected chi connectivity index (χ0v) is 24.3. The van der Waals surface area contributed by atoms with Gasteiger partial charge in [-0.1, -0.05) is 11.6 Å². The SMILES string of the molecule is CNC[C@@H](O)COc1ccc(Cl)c(-c2nc(C(C(C)=O)=C(C)N)c(C)c(N3Cc4cnc(NCCO)nc4C3)n2)c1. The molecule has 4 rings (SSSR count). The third kappa shape index (κ3) is 6.91. The highest BCUT2D eigenvalue weighted by atomic mass is 35.5. The van der Waals surface area contributed by atoms with Crippen LogP contribution < -0.4 is 26.0 Å². The molecule has 2 aromatic heterocycles. The number of ether oxygens (including phenoxy) is 1. The van der Waals surface area contributed by atoms with Crippen LogP contribution in [0.2, 0.25) is 5.02 Å². The fourth-order valence-corrected chi connectivity index (χ4v) is 4.82. The fourth-order valence-electron chi connectivity index (χ4n) is 4.62. The second kappa shape index (κ2) is 13.2. The van der Waals surface area contributed by atoms with Gasteiger partial charge in [0.25, 0.3) is 0 Å². The molecule has 0 bridgehead atoms. The number of Topliss-reactive ketones (excluding diaryl/α,β-unsaturated/α-hetero) is 1. The zero-order chi connectivity index (χ0) is 29.7. The highest BCUT2D eigenvalue weighted by Crippen LogP contribution is 2.36. The van der Waals surface area contributed by atoms with Gasteiger partial charge in [-0.25, -0.2) is 19.9 Å². The number of hydrogen-bond donors (Lipinski definition) is 5. The summed E-state index contributed by atoms with van der Waals surface area (Å²) in [5.41, 5.74) is 10.2. The summed E-state index contributed by atoms with van der Waals surface area (Å²) < 4.78 is 5.79. The third-order valence-electron chi connectivity index (χ3n) is 6.51. The lowest BCUT2D eigenvalue weighted by Crippen LogP contribution is -2.29. The van der Waals surface area contributed by atoms with Gasteiger partial charge in [0.05, 0.1) is 35.1 Å². The van der Waals surface area contributed by atoms with Crippen molar-refractivity contribution in [2.45, 2.75) is 40.0 Å². The average molecular weight is 583 g/mol. The topological polar surface area (TPSA) is 172 Å². The molecule has 0 saturated carbocycles. The molecule has 1 aliphatic rings. The maximum atomic E-state index is 12.7. The van der Waals surface area contributed by atoms with E-state index in [0.717, 1.165) is 11.3 Å². The molecular weight excluding hydrogens is 548 g/mol. The molecule has 0 amide bonds. The van der Waals surface area contributed by atoms with Gasteiger partial charge in [-0.05, 0) is 46.0 Å². The van der Waals surface area contributed by atoms with Crippen molar-refractivity contribution in [2.75, 3.05) is 43.6 Å². The molecule has 0 fully saturated rings. The van der Waals surface area contributed by atoms with Gasteiger partial charge in [-0.3, -0.25) is 4.79 Å². The molecule has 218 valence electrons. The number of nitrogens with zero attached hydrogens (tertiary/aromatic N) is 5. The molecule has 0 aliphatic carbocycles. The Bertz CT molecular complexity index is 1460. The van der Waals surface area contributed by atoms with Crippen molar-refractivity contribution in [3.8, 4) is 17.1 Å². The van der Waals surface area contributed by atoms with Crippen molar-refractivity contribution in [3.63, 3.8) is 0 Å². The fraction of sp³-hybridized carbons (Fsp3) is 0.393. The van der Waals surface area contributed by atoms with Gasteiger partial charge in [0, 0.05) is 48.2 Å². The van der Waals surface area contributed by atoms with Crippen LogP contribution in [0.5, 0.6) is 5.75 Å². The number of benzene rings is 1. The molecule has 1 atom stereocenters. The number of halogens is 1. The van der Waals surface area contributed by atoms with Crippen LogP contribution in [0, 0.1) is 6.92 Å². The predicted molar refractivity (Wildman–Crippen MR) is 158 cm³/mol. The zero-order valence-electron chi connectivity index (χ0n) is 23.5. The molecule has 0 unspecified atom stereocenters. The number of nitrogens with one attached hydrogen (secondary N) is 2. The summed E-state index contributed by atoms with van der Waals surface area (Å²) in [6, 6.07) is 5.09. The van der Waals surface area contributed by atoms with E-state index in [2.05, 4.69) is 20.6 Å². The Balaban J connectivity index is 1.78. The Morgan fingerprint density at radius 3 is 2.71 bits per heavy atom. The van der Waals surface area contributed by atoms with Gasteiger partial charge < -0.3 is 36.2 Å². The van der Waals surface area contributed by atoms with Crippen molar-refractivity contribution in [2.24, 2.45) is 5.73 Å². The van der Waals surface area contributed by atoms with E-state index in [-0.39, 0.29) is 19.0 Å². The van der Waals surface area contributed by atoms with Gasteiger partial charge in [0.15, 0.2) is 11.6 Å². The molecule has 0 saturated heterocycles. The van der Waals surface area contributed by atoms with E-state index in [1.54, 1.807) is 38.4 Å². The minimum absolute atomic E-state index is 0.0316. The Hall–Kier alpha value is -3.84. The monoisotopic (exact) mass is 582 g/mol. The number of rotatable bonds is 12. The maximum absolute atomic E-state index is 12.7.